The predicted octanol–water partition coefficient (Wildman–Crippen LogP) is 1.81. The molecule has 0 spiro atoms. The van der Waals surface area contributed by atoms with Crippen LogP contribution in [0.15, 0.2) is 36.5 Å². The molecule has 0 amide bonds. The summed E-state index contributed by atoms with van der Waals surface area (Å²) in [6, 6.07) is 9.34. The smallest absolute Gasteiger partial charge is 0.215 e. The van der Waals surface area contributed by atoms with Crippen LogP contribution in [0.5, 0.6) is 0 Å². The highest BCUT2D eigenvalue weighted by atomic mass is 35.5. The van der Waals surface area contributed by atoms with Crippen LogP contribution in [0, 0.1) is 0 Å². The molecule has 1 aromatic heterocycles. The molecular weight excluding hydrogens is 310 g/mol. The molecule has 5 nitrogen and oxygen atoms in total. The number of halogens is 1. The number of benzene rings is 1. The number of unbranched alkanes of at least 4 members (excludes halogenated alkanes) is 1. The lowest BCUT2D eigenvalue weighted by Gasteiger charge is -2.08. The third kappa shape index (κ3) is 5.24. The average Bonchev–Trinajstić information content (AvgIpc) is 2.44. The maximum atomic E-state index is 12.0. The first-order valence-corrected chi connectivity index (χ1v) is 8.27. The number of para-hydroxylation sites is 1. The molecule has 0 aliphatic rings. The summed E-state index contributed by atoms with van der Waals surface area (Å²) in [6.45, 7) is 1.01. The molecule has 1 aromatic carbocycles. The Morgan fingerprint density at radius 3 is 2.67 bits per heavy atom. The van der Waals surface area contributed by atoms with Gasteiger partial charge in [0.15, 0.2) is 0 Å². The summed E-state index contributed by atoms with van der Waals surface area (Å²) in [4.78, 5) is 4.27. The number of fused-ring (bicyclic) bond motifs is 1. The van der Waals surface area contributed by atoms with Crippen molar-refractivity contribution in [1.29, 1.82) is 0 Å². The van der Waals surface area contributed by atoms with Gasteiger partial charge in [0.2, 0.25) is 10.0 Å². The number of hydrogen-bond acceptors (Lipinski definition) is 4. The zero-order chi connectivity index (χ0) is 14.4. The fourth-order valence-electron chi connectivity index (χ4n) is 2.04. The fraction of sp³-hybridized carbons (Fsp3) is 0.357. The molecule has 0 saturated heterocycles. The van der Waals surface area contributed by atoms with Gasteiger partial charge in [-0.05, 0) is 31.0 Å². The van der Waals surface area contributed by atoms with Crippen LogP contribution >= 0.6 is 12.4 Å². The van der Waals surface area contributed by atoms with Crippen molar-refractivity contribution in [3.63, 3.8) is 0 Å². The SMILES string of the molecule is Cl.NCCCCNS(=O)(=O)Cc1cccc2cccnc12. The number of nitrogens with two attached hydrogens (primary N) is 1. The lowest BCUT2D eigenvalue weighted by Crippen LogP contribution is -2.26. The van der Waals surface area contributed by atoms with Crippen molar-refractivity contribution < 1.29 is 8.42 Å². The summed E-state index contributed by atoms with van der Waals surface area (Å²) in [7, 11) is -3.34. The Labute approximate surface area is 131 Å². The number of nitrogens with zero attached hydrogens (tertiary/aromatic N) is 1. The lowest BCUT2D eigenvalue weighted by molar-refractivity contribution is 0.576. The maximum absolute atomic E-state index is 12.0. The third-order valence-corrected chi connectivity index (χ3v) is 4.35. The first kappa shape index (κ1) is 17.8. The van der Waals surface area contributed by atoms with E-state index in [0.29, 0.717) is 13.1 Å². The van der Waals surface area contributed by atoms with Gasteiger partial charge in [0.05, 0.1) is 11.3 Å². The summed E-state index contributed by atoms with van der Waals surface area (Å²) < 4.78 is 26.7. The summed E-state index contributed by atoms with van der Waals surface area (Å²) in [5.41, 5.74) is 6.83. The Morgan fingerprint density at radius 1 is 1.14 bits per heavy atom. The van der Waals surface area contributed by atoms with Gasteiger partial charge >= 0.3 is 0 Å². The van der Waals surface area contributed by atoms with Crippen molar-refractivity contribution >= 4 is 33.3 Å². The van der Waals surface area contributed by atoms with Crippen molar-refractivity contribution in [2.45, 2.75) is 18.6 Å². The number of aromatic nitrogens is 1. The first-order chi connectivity index (χ1) is 9.62. The van der Waals surface area contributed by atoms with Gasteiger partial charge in [-0.1, -0.05) is 24.3 Å². The molecule has 0 fully saturated rings. The summed E-state index contributed by atoms with van der Waals surface area (Å²) in [6.07, 6.45) is 3.25. The summed E-state index contributed by atoms with van der Waals surface area (Å²) >= 11 is 0. The molecule has 0 aliphatic heterocycles. The minimum Gasteiger partial charge on any atom is -0.330 e. The van der Waals surface area contributed by atoms with Gasteiger partial charge in [-0.15, -0.1) is 12.4 Å². The zero-order valence-electron chi connectivity index (χ0n) is 11.7. The second kappa shape index (κ2) is 8.29. The molecule has 21 heavy (non-hydrogen) atoms. The van der Waals surface area contributed by atoms with Gasteiger partial charge in [-0.2, -0.15) is 0 Å². The van der Waals surface area contributed by atoms with Gasteiger partial charge in [0.25, 0.3) is 0 Å². The highest BCUT2D eigenvalue weighted by Crippen LogP contribution is 2.17. The second-order valence-electron chi connectivity index (χ2n) is 4.64. The largest absolute Gasteiger partial charge is 0.330 e. The minimum atomic E-state index is -3.34. The molecule has 7 heteroatoms. The highest BCUT2D eigenvalue weighted by molar-refractivity contribution is 7.88. The topological polar surface area (TPSA) is 85.1 Å². The molecule has 0 bridgehead atoms. The average molecular weight is 330 g/mol. The van der Waals surface area contributed by atoms with E-state index in [2.05, 4.69) is 9.71 Å². The van der Waals surface area contributed by atoms with E-state index in [1.54, 1.807) is 12.3 Å². The van der Waals surface area contributed by atoms with Crippen LogP contribution < -0.4 is 10.5 Å². The summed E-state index contributed by atoms with van der Waals surface area (Å²) in [5.74, 6) is -0.0516. The Bertz CT molecular complexity index is 671. The molecule has 2 aromatic rings. The van der Waals surface area contributed by atoms with Gasteiger partial charge in [-0.25, -0.2) is 13.1 Å². The van der Waals surface area contributed by atoms with Crippen molar-refractivity contribution in [1.82, 2.24) is 9.71 Å². The number of nitrogens with one attached hydrogen (secondary N) is 1. The van der Waals surface area contributed by atoms with Crippen molar-refractivity contribution in [3.8, 4) is 0 Å². The van der Waals surface area contributed by atoms with Crippen LogP contribution in [0.1, 0.15) is 18.4 Å². The van der Waals surface area contributed by atoms with Crippen molar-refractivity contribution in [2.24, 2.45) is 5.73 Å². The van der Waals surface area contributed by atoms with E-state index in [1.165, 1.54) is 0 Å². The lowest BCUT2D eigenvalue weighted by atomic mass is 10.1. The first-order valence-electron chi connectivity index (χ1n) is 6.62. The molecule has 0 radical (unpaired) electrons. The standard InChI is InChI=1S/C14H19N3O2S.ClH/c15-8-1-2-10-17-20(18,19)11-13-6-3-5-12-7-4-9-16-14(12)13;/h3-7,9,17H,1-2,8,10-11,15H2;1H. The fourth-order valence-corrected chi connectivity index (χ4v) is 3.24. The number of rotatable bonds is 7. The molecule has 0 saturated carbocycles. The van der Waals surface area contributed by atoms with Crippen LogP contribution in [-0.2, 0) is 15.8 Å². The number of sulfonamides is 1. The van der Waals surface area contributed by atoms with Crippen LogP contribution in [0.25, 0.3) is 10.9 Å². The van der Waals surface area contributed by atoms with E-state index in [1.807, 2.05) is 24.3 Å². The molecule has 0 atom stereocenters. The molecular formula is C14H20ClN3O2S. The Kier molecular flexibility index (Phi) is 7.04. The van der Waals surface area contributed by atoms with Crippen molar-refractivity contribution in [2.75, 3.05) is 13.1 Å². The van der Waals surface area contributed by atoms with Crippen LogP contribution in [0.3, 0.4) is 0 Å². The molecule has 0 aliphatic carbocycles. The van der Waals surface area contributed by atoms with E-state index in [0.717, 1.165) is 29.3 Å². The van der Waals surface area contributed by atoms with E-state index in [9.17, 15) is 8.42 Å². The quantitative estimate of drug-likeness (QED) is 0.759. The van der Waals surface area contributed by atoms with Crippen molar-refractivity contribution in [3.05, 3.63) is 42.1 Å². The molecule has 0 unspecified atom stereocenters. The van der Waals surface area contributed by atoms with Gasteiger partial charge in [0.1, 0.15) is 0 Å². The number of hydrogen-bond donors (Lipinski definition) is 2. The van der Waals surface area contributed by atoms with E-state index in [4.69, 9.17) is 5.73 Å². The monoisotopic (exact) mass is 329 g/mol. The Hall–Kier alpha value is -1.21. The molecule has 116 valence electrons. The van der Waals surface area contributed by atoms with Crippen LogP contribution in [0.4, 0.5) is 0 Å². The van der Waals surface area contributed by atoms with E-state index < -0.39 is 10.0 Å². The van der Waals surface area contributed by atoms with Gasteiger partial charge < -0.3 is 5.73 Å². The minimum absolute atomic E-state index is 0. The molecule has 3 N–H and O–H groups in total. The zero-order valence-corrected chi connectivity index (χ0v) is 13.3. The van der Waals surface area contributed by atoms with E-state index >= 15 is 0 Å². The highest BCUT2D eigenvalue weighted by Gasteiger charge is 2.13. The second-order valence-corrected chi connectivity index (χ2v) is 6.45. The van der Waals surface area contributed by atoms with Crippen LogP contribution in [-0.4, -0.2) is 26.5 Å². The normalized spacial score (nSPS) is 11.3. The van der Waals surface area contributed by atoms with Crippen LogP contribution in [0.2, 0.25) is 0 Å². The van der Waals surface area contributed by atoms with Gasteiger partial charge in [-0.3, -0.25) is 4.98 Å². The van der Waals surface area contributed by atoms with E-state index in [-0.39, 0.29) is 18.2 Å². The number of pyridine rings is 1. The molecule has 1 heterocycles. The predicted molar refractivity (Wildman–Crippen MR) is 87.9 cm³/mol. The summed E-state index contributed by atoms with van der Waals surface area (Å²) in [5, 5.41) is 0.948. The third-order valence-electron chi connectivity index (χ3n) is 3.01. The molecule has 2 rings (SSSR count). The maximum Gasteiger partial charge on any atom is 0.215 e. The Morgan fingerprint density at radius 2 is 1.90 bits per heavy atom. The van der Waals surface area contributed by atoms with Gasteiger partial charge in [0, 0.05) is 18.1 Å². The Balaban J connectivity index is 0.00000220.